The first-order chi connectivity index (χ1) is 7.93. The fourth-order valence-corrected chi connectivity index (χ4v) is 2.04. The van der Waals surface area contributed by atoms with E-state index in [9.17, 15) is 5.11 Å². The average Bonchev–Trinajstić information content (AvgIpc) is 2.29. The van der Waals surface area contributed by atoms with Gasteiger partial charge >= 0.3 is 0 Å². The highest BCUT2D eigenvalue weighted by molar-refractivity contribution is 5.11. The highest BCUT2D eigenvalue weighted by Crippen LogP contribution is 2.36. The van der Waals surface area contributed by atoms with Gasteiger partial charge in [-0.05, 0) is 25.8 Å². The van der Waals surface area contributed by atoms with Crippen LogP contribution in [0.5, 0.6) is 0 Å². The standard InChI is InChI=1S/C14H24O3/c1-5-9-12(17-13(2,3)16-4)14(15)10-7-6-8-11-14/h5,15H,6-8,10-11H2,1-4H3. The van der Waals surface area contributed by atoms with E-state index in [4.69, 9.17) is 9.47 Å². The molecule has 1 saturated carbocycles. The summed E-state index contributed by atoms with van der Waals surface area (Å²) in [6.45, 7) is 5.53. The maximum Gasteiger partial charge on any atom is 0.205 e. The fraction of sp³-hybridized carbons (Fsp3) is 0.786. The summed E-state index contributed by atoms with van der Waals surface area (Å²) < 4.78 is 11.0. The molecule has 0 aromatic rings. The van der Waals surface area contributed by atoms with Crippen LogP contribution in [0.1, 0.15) is 52.9 Å². The third-order valence-corrected chi connectivity index (χ3v) is 3.22. The molecule has 1 aliphatic rings. The molecule has 0 radical (unpaired) electrons. The van der Waals surface area contributed by atoms with Crippen molar-refractivity contribution < 1.29 is 14.6 Å². The van der Waals surface area contributed by atoms with Crippen molar-refractivity contribution in [2.75, 3.05) is 7.11 Å². The normalized spacial score (nSPS) is 19.4. The first kappa shape index (κ1) is 14.3. The molecule has 0 spiro atoms. The predicted molar refractivity (Wildman–Crippen MR) is 67.5 cm³/mol. The number of methoxy groups -OCH3 is 1. The van der Waals surface area contributed by atoms with Gasteiger partial charge in [-0.1, -0.05) is 25.0 Å². The van der Waals surface area contributed by atoms with Gasteiger partial charge in [-0.2, -0.15) is 0 Å². The van der Waals surface area contributed by atoms with Crippen LogP contribution in [-0.2, 0) is 9.47 Å². The van der Waals surface area contributed by atoms with E-state index in [0.717, 1.165) is 25.7 Å². The van der Waals surface area contributed by atoms with Gasteiger partial charge < -0.3 is 14.6 Å². The van der Waals surface area contributed by atoms with E-state index in [1.807, 2.05) is 20.8 Å². The van der Waals surface area contributed by atoms with Crippen LogP contribution in [0, 0.1) is 0 Å². The van der Waals surface area contributed by atoms with Crippen molar-refractivity contribution >= 4 is 0 Å². The van der Waals surface area contributed by atoms with Gasteiger partial charge in [0.15, 0.2) is 5.76 Å². The Bertz CT molecular complexity index is 305. The van der Waals surface area contributed by atoms with Crippen molar-refractivity contribution in [3.8, 4) is 0 Å². The number of hydrogen-bond acceptors (Lipinski definition) is 3. The van der Waals surface area contributed by atoms with Crippen molar-refractivity contribution in [1.82, 2.24) is 0 Å². The highest BCUT2D eigenvalue weighted by atomic mass is 16.7. The minimum absolute atomic E-state index is 0.506. The summed E-state index contributed by atoms with van der Waals surface area (Å²) >= 11 is 0. The van der Waals surface area contributed by atoms with Crippen LogP contribution in [0.2, 0.25) is 0 Å². The van der Waals surface area contributed by atoms with Crippen LogP contribution < -0.4 is 0 Å². The zero-order valence-electron chi connectivity index (χ0n) is 11.4. The molecule has 0 atom stereocenters. The number of aliphatic hydroxyl groups is 1. The third kappa shape index (κ3) is 3.88. The summed E-state index contributed by atoms with van der Waals surface area (Å²) in [5, 5.41) is 10.6. The Hall–Kier alpha value is -0.760. The maximum absolute atomic E-state index is 10.6. The second-order valence-electron chi connectivity index (χ2n) is 5.06. The van der Waals surface area contributed by atoms with E-state index >= 15 is 0 Å². The van der Waals surface area contributed by atoms with Crippen molar-refractivity contribution in [3.63, 3.8) is 0 Å². The van der Waals surface area contributed by atoms with Gasteiger partial charge in [0.2, 0.25) is 5.79 Å². The zero-order chi connectivity index (χ0) is 12.9. The lowest BCUT2D eigenvalue weighted by molar-refractivity contribution is -0.193. The van der Waals surface area contributed by atoms with Crippen molar-refractivity contribution in [3.05, 3.63) is 17.6 Å². The molecule has 1 aliphatic carbocycles. The zero-order valence-corrected chi connectivity index (χ0v) is 11.4. The molecule has 0 unspecified atom stereocenters. The Labute approximate surface area is 104 Å². The summed E-state index contributed by atoms with van der Waals surface area (Å²) in [5.74, 6) is -0.232. The smallest absolute Gasteiger partial charge is 0.205 e. The van der Waals surface area contributed by atoms with Gasteiger partial charge in [-0.25, -0.2) is 0 Å². The van der Waals surface area contributed by atoms with E-state index in [2.05, 4.69) is 5.73 Å². The van der Waals surface area contributed by atoms with E-state index in [1.54, 1.807) is 13.2 Å². The van der Waals surface area contributed by atoms with E-state index in [1.165, 1.54) is 6.42 Å². The summed E-state index contributed by atoms with van der Waals surface area (Å²) in [6, 6.07) is 0. The predicted octanol–water partition coefficient (Wildman–Crippen LogP) is 3.14. The molecule has 98 valence electrons. The van der Waals surface area contributed by atoms with Crippen LogP contribution in [0.3, 0.4) is 0 Å². The highest BCUT2D eigenvalue weighted by Gasteiger charge is 2.37. The number of rotatable bonds is 4. The summed E-state index contributed by atoms with van der Waals surface area (Å²) in [5.41, 5.74) is 2.15. The van der Waals surface area contributed by atoms with Gasteiger partial charge in [0.25, 0.3) is 0 Å². The van der Waals surface area contributed by atoms with Crippen molar-refractivity contribution in [2.24, 2.45) is 0 Å². The Balaban J connectivity index is 2.90. The lowest BCUT2D eigenvalue weighted by atomic mass is 9.83. The first-order valence-electron chi connectivity index (χ1n) is 6.32. The molecule has 0 amide bonds. The van der Waals surface area contributed by atoms with Gasteiger partial charge in [0.1, 0.15) is 5.60 Å². The number of hydrogen-bond donors (Lipinski definition) is 1. The summed E-state index contributed by atoms with van der Waals surface area (Å²) in [7, 11) is 1.60. The lowest BCUT2D eigenvalue weighted by Gasteiger charge is -2.36. The van der Waals surface area contributed by atoms with Crippen LogP contribution in [0.25, 0.3) is 0 Å². The monoisotopic (exact) mass is 240 g/mol. The molecule has 0 bridgehead atoms. The fourth-order valence-electron chi connectivity index (χ4n) is 2.04. The minimum atomic E-state index is -0.874. The average molecular weight is 240 g/mol. The molecule has 17 heavy (non-hydrogen) atoms. The molecule has 0 saturated heterocycles. The molecule has 1 N–H and O–H groups in total. The van der Waals surface area contributed by atoms with Gasteiger partial charge in [-0.3, -0.25) is 0 Å². The van der Waals surface area contributed by atoms with Gasteiger partial charge in [0, 0.05) is 21.0 Å². The Morgan fingerprint density at radius 1 is 1.29 bits per heavy atom. The lowest BCUT2D eigenvalue weighted by Crippen LogP contribution is -2.39. The minimum Gasteiger partial charge on any atom is -0.456 e. The molecular weight excluding hydrogens is 216 g/mol. The topological polar surface area (TPSA) is 38.7 Å². The molecule has 1 fully saturated rings. The van der Waals surface area contributed by atoms with E-state index < -0.39 is 11.4 Å². The molecule has 0 aromatic carbocycles. The Morgan fingerprint density at radius 3 is 2.35 bits per heavy atom. The van der Waals surface area contributed by atoms with E-state index in [-0.39, 0.29) is 0 Å². The van der Waals surface area contributed by atoms with Crippen LogP contribution in [0.4, 0.5) is 0 Å². The largest absolute Gasteiger partial charge is 0.456 e. The molecule has 0 heterocycles. The molecule has 0 aromatic heterocycles. The molecule has 0 aliphatic heterocycles. The maximum atomic E-state index is 10.6. The molecule has 3 heteroatoms. The van der Waals surface area contributed by atoms with Gasteiger partial charge in [-0.15, -0.1) is 0 Å². The van der Waals surface area contributed by atoms with Crippen molar-refractivity contribution in [1.29, 1.82) is 0 Å². The SMILES string of the molecule is CC=C=C(OC(C)(C)OC)C1(O)CCCCC1. The second-order valence-corrected chi connectivity index (χ2v) is 5.06. The number of ether oxygens (including phenoxy) is 2. The first-order valence-corrected chi connectivity index (χ1v) is 6.32. The van der Waals surface area contributed by atoms with E-state index in [0.29, 0.717) is 5.76 Å². The summed E-state index contributed by atoms with van der Waals surface area (Å²) in [4.78, 5) is 0. The Morgan fingerprint density at radius 2 is 1.88 bits per heavy atom. The van der Waals surface area contributed by atoms with Gasteiger partial charge in [0.05, 0.1) is 0 Å². The van der Waals surface area contributed by atoms with Crippen molar-refractivity contribution in [2.45, 2.75) is 64.3 Å². The van der Waals surface area contributed by atoms with Crippen LogP contribution in [0.15, 0.2) is 17.6 Å². The summed E-state index contributed by atoms with van der Waals surface area (Å²) in [6.07, 6.45) is 6.49. The Kier molecular flexibility index (Phi) is 4.81. The molecule has 3 nitrogen and oxygen atoms in total. The van der Waals surface area contributed by atoms with Crippen LogP contribution >= 0.6 is 0 Å². The van der Waals surface area contributed by atoms with Crippen LogP contribution in [-0.4, -0.2) is 23.6 Å². The molecule has 1 rings (SSSR count). The third-order valence-electron chi connectivity index (χ3n) is 3.22. The second kappa shape index (κ2) is 5.72. The quantitative estimate of drug-likeness (QED) is 0.466. The molecular formula is C14H24O3.